The van der Waals surface area contributed by atoms with Gasteiger partial charge in [-0.3, -0.25) is 9.58 Å². The molecule has 0 bridgehead atoms. The number of ether oxygens (including phenoxy) is 1. The maximum Gasteiger partial charge on any atom is 0.341 e. The molecule has 1 saturated carbocycles. The van der Waals surface area contributed by atoms with Gasteiger partial charge < -0.3 is 4.74 Å². The molecule has 0 spiro atoms. The fourth-order valence-corrected chi connectivity index (χ4v) is 5.69. The van der Waals surface area contributed by atoms with Crippen LogP contribution in [0.1, 0.15) is 71.8 Å². The summed E-state index contributed by atoms with van der Waals surface area (Å²) < 4.78 is 9.01. The van der Waals surface area contributed by atoms with Crippen molar-refractivity contribution in [2.24, 2.45) is 7.05 Å². The average molecular weight is 511 g/mol. The number of likely N-dealkylation sites (tertiary alicyclic amines) is 1. The van der Waals surface area contributed by atoms with Crippen LogP contribution < -0.4 is 0 Å². The molecule has 1 saturated heterocycles. The van der Waals surface area contributed by atoms with Gasteiger partial charge in [-0.1, -0.05) is 42.0 Å². The molecule has 2 fully saturated rings. The highest BCUT2D eigenvalue weighted by atomic mass is 16.5. The van der Waals surface area contributed by atoms with Crippen LogP contribution in [0.5, 0.6) is 0 Å². The average Bonchev–Trinajstić information content (AvgIpc) is 3.39. The highest BCUT2D eigenvalue weighted by Gasteiger charge is 2.46. The number of aromatic nitrogens is 5. The maximum atomic E-state index is 12.9. The minimum atomic E-state index is -0.333. The molecule has 6 rings (SSSR count). The molecule has 2 aliphatic rings. The van der Waals surface area contributed by atoms with E-state index in [1.807, 2.05) is 30.9 Å². The Kier molecular flexibility index (Phi) is 6.81. The van der Waals surface area contributed by atoms with Gasteiger partial charge in [0.15, 0.2) is 0 Å². The molecular formula is C30H34N6O2. The summed E-state index contributed by atoms with van der Waals surface area (Å²) >= 11 is 0. The second-order valence-corrected chi connectivity index (χ2v) is 10.4. The number of hydrogen-bond donors (Lipinski definition) is 0. The molecule has 2 aromatic heterocycles. The van der Waals surface area contributed by atoms with E-state index in [1.165, 1.54) is 43.5 Å². The van der Waals surface area contributed by atoms with Gasteiger partial charge in [0.2, 0.25) is 0 Å². The van der Waals surface area contributed by atoms with Crippen LogP contribution in [0.15, 0.2) is 60.9 Å². The first kappa shape index (κ1) is 24.6. The predicted molar refractivity (Wildman–Crippen MR) is 145 cm³/mol. The van der Waals surface area contributed by atoms with Crippen molar-refractivity contribution in [3.63, 3.8) is 0 Å². The maximum absolute atomic E-state index is 12.9. The van der Waals surface area contributed by atoms with Crippen LogP contribution in [0.2, 0.25) is 0 Å². The van der Waals surface area contributed by atoms with Crippen molar-refractivity contribution < 1.29 is 9.53 Å². The molecule has 1 aliphatic heterocycles. The van der Waals surface area contributed by atoms with Gasteiger partial charge >= 0.3 is 5.97 Å². The predicted octanol–water partition coefficient (Wildman–Crippen LogP) is 5.10. The topological polar surface area (TPSA) is 78.1 Å². The normalized spacial score (nSPS) is 19.4. The molecule has 0 unspecified atom stereocenters. The Morgan fingerprint density at radius 2 is 1.82 bits per heavy atom. The van der Waals surface area contributed by atoms with Crippen molar-refractivity contribution >= 4 is 5.97 Å². The largest absolute Gasteiger partial charge is 0.462 e. The van der Waals surface area contributed by atoms with Gasteiger partial charge in [0, 0.05) is 31.6 Å². The van der Waals surface area contributed by atoms with E-state index in [1.54, 1.807) is 10.9 Å². The van der Waals surface area contributed by atoms with Crippen LogP contribution in [0.25, 0.3) is 16.8 Å². The first-order valence-electron chi connectivity index (χ1n) is 13.6. The lowest BCUT2D eigenvalue weighted by molar-refractivity contribution is 0.0525. The summed E-state index contributed by atoms with van der Waals surface area (Å²) in [4.78, 5) is 15.4. The van der Waals surface area contributed by atoms with Crippen LogP contribution in [0.4, 0.5) is 0 Å². The van der Waals surface area contributed by atoms with Crippen molar-refractivity contribution in [2.75, 3.05) is 19.7 Å². The number of benzene rings is 2. The molecule has 3 heterocycles. The minimum absolute atomic E-state index is 0.130. The second-order valence-electron chi connectivity index (χ2n) is 10.4. The van der Waals surface area contributed by atoms with Crippen LogP contribution in [-0.2, 0) is 18.3 Å². The van der Waals surface area contributed by atoms with Crippen molar-refractivity contribution in [1.82, 2.24) is 29.7 Å². The van der Waals surface area contributed by atoms with Crippen molar-refractivity contribution in [2.45, 2.75) is 51.0 Å². The van der Waals surface area contributed by atoms with Gasteiger partial charge in [-0.15, -0.1) is 5.10 Å². The second kappa shape index (κ2) is 10.5. The first-order chi connectivity index (χ1) is 18.6. The smallest absolute Gasteiger partial charge is 0.341 e. The Morgan fingerprint density at radius 1 is 1.03 bits per heavy atom. The fourth-order valence-electron chi connectivity index (χ4n) is 5.69. The Morgan fingerprint density at radius 3 is 2.58 bits per heavy atom. The Bertz CT molecular complexity index is 1430. The zero-order valence-corrected chi connectivity index (χ0v) is 22.1. The number of aryl methyl sites for hydroxylation is 1. The molecule has 2 atom stereocenters. The van der Waals surface area contributed by atoms with E-state index in [9.17, 15) is 4.79 Å². The van der Waals surface area contributed by atoms with Gasteiger partial charge in [-0.25, -0.2) is 9.48 Å². The summed E-state index contributed by atoms with van der Waals surface area (Å²) in [7, 11) is 1.87. The third-order valence-corrected chi connectivity index (χ3v) is 7.65. The number of nitrogens with zero attached hydrogens (tertiary/aromatic N) is 6. The van der Waals surface area contributed by atoms with E-state index in [-0.39, 0.29) is 17.8 Å². The number of hydrogen-bond acceptors (Lipinski definition) is 6. The summed E-state index contributed by atoms with van der Waals surface area (Å²) in [5.41, 5.74) is 6.93. The summed E-state index contributed by atoms with van der Waals surface area (Å²) in [6.45, 7) is 5.50. The number of piperidine rings is 1. The summed E-state index contributed by atoms with van der Waals surface area (Å²) in [5, 5.41) is 13.1. The summed E-state index contributed by atoms with van der Waals surface area (Å²) in [6.07, 6.45) is 8.42. The molecule has 0 N–H and O–H groups in total. The van der Waals surface area contributed by atoms with Gasteiger partial charge in [-0.2, -0.15) is 5.10 Å². The molecule has 8 nitrogen and oxygen atoms in total. The molecule has 1 aliphatic carbocycles. The first-order valence-corrected chi connectivity index (χ1v) is 13.6. The van der Waals surface area contributed by atoms with E-state index in [2.05, 4.69) is 62.8 Å². The quantitative estimate of drug-likeness (QED) is 0.307. The zero-order chi connectivity index (χ0) is 26.1. The number of carbonyl (C=O) groups is 1. The van der Waals surface area contributed by atoms with Crippen LogP contribution >= 0.6 is 0 Å². The van der Waals surface area contributed by atoms with E-state index < -0.39 is 0 Å². The van der Waals surface area contributed by atoms with Crippen LogP contribution in [0.3, 0.4) is 0 Å². The molecular weight excluding hydrogens is 476 g/mol. The molecule has 196 valence electrons. The van der Waals surface area contributed by atoms with Crippen molar-refractivity contribution in [1.29, 1.82) is 0 Å². The third-order valence-electron chi connectivity index (χ3n) is 7.65. The number of rotatable bonds is 8. The molecule has 0 radical (unpaired) electrons. The monoisotopic (exact) mass is 510 g/mol. The van der Waals surface area contributed by atoms with Gasteiger partial charge in [0.1, 0.15) is 5.56 Å². The number of carbonyl (C=O) groups excluding carboxylic acids is 1. The van der Waals surface area contributed by atoms with E-state index in [0.29, 0.717) is 12.2 Å². The van der Waals surface area contributed by atoms with Crippen LogP contribution in [0, 0.1) is 0 Å². The SMILES string of the molecule is CCOC(=O)c1cnn(-c2cccc(-c3cccc(CN4CCCCC4)c3)c2)c1[C@@H]1C[C@H]1c1cn(C)nn1. The van der Waals surface area contributed by atoms with Gasteiger partial charge in [0.25, 0.3) is 0 Å². The molecule has 38 heavy (non-hydrogen) atoms. The highest BCUT2D eigenvalue weighted by Crippen LogP contribution is 2.55. The van der Waals surface area contributed by atoms with Crippen molar-refractivity contribution in [3.8, 4) is 16.8 Å². The lowest BCUT2D eigenvalue weighted by Gasteiger charge is -2.26. The third kappa shape index (κ3) is 5.00. The van der Waals surface area contributed by atoms with Crippen molar-refractivity contribution in [3.05, 3.63) is 83.4 Å². The molecule has 2 aromatic carbocycles. The van der Waals surface area contributed by atoms with E-state index >= 15 is 0 Å². The Balaban J connectivity index is 1.32. The number of esters is 1. The van der Waals surface area contributed by atoms with Crippen LogP contribution in [-0.4, -0.2) is 55.3 Å². The summed E-state index contributed by atoms with van der Waals surface area (Å²) in [5.74, 6) is 0.00669. The minimum Gasteiger partial charge on any atom is -0.462 e. The molecule has 8 heteroatoms. The molecule has 0 amide bonds. The Hall–Kier alpha value is -3.78. The molecule has 4 aromatic rings. The van der Waals surface area contributed by atoms with E-state index in [0.717, 1.165) is 35.6 Å². The van der Waals surface area contributed by atoms with E-state index in [4.69, 9.17) is 4.74 Å². The highest BCUT2D eigenvalue weighted by molar-refractivity contribution is 5.91. The standard InChI is InChI=1S/C30H34N6O2/c1-3-38-30(37)27-18-31-36(29(27)26-17-25(26)28-20-34(2)33-32-28)24-12-8-11-23(16-24)22-10-7-9-21(15-22)19-35-13-5-4-6-14-35/h7-12,15-16,18,20,25-26H,3-6,13-14,17,19H2,1-2H3/t25-,26-/m1/s1. The zero-order valence-electron chi connectivity index (χ0n) is 22.1. The lowest BCUT2D eigenvalue weighted by atomic mass is 10.0. The Labute approximate surface area is 223 Å². The fraction of sp³-hybridized carbons (Fsp3) is 0.400. The summed E-state index contributed by atoms with van der Waals surface area (Å²) in [6, 6.07) is 17.2. The van der Waals surface area contributed by atoms with Gasteiger partial charge in [-0.05, 0) is 74.2 Å². The van der Waals surface area contributed by atoms with Gasteiger partial charge in [0.05, 0.1) is 29.9 Å². The lowest BCUT2D eigenvalue weighted by Crippen LogP contribution is -2.29.